The van der Waals surface area contributed by atoms with Gasteiger partial charge in [0.2, 0.25) is 15.9 Å². The third kappa shape index (κ3) is 4.58. The van der Waals surface area contributed by atoms with Crippen LogP contribution in [0, 0.1) is 11.3 Å². The van der Waals surface area contributed by atoms with Gasteiger partial charge in [-0.2, -0.15) is 5.26 Å². The number of fused-ring (bicyclic) bond motifs is 1. The van der Waals surface area contributed by atoms with Crippen molar-refractivity contribution in [3.63, 3.8) is 0 Å². The van der Waals surface area contributed by atoms with Crippen molar-refractivity contribution in [2.45, 2.75) is 43.5 Å². The molecule has 28 heavy (non-hydrogen) atoms. The lowest BCUT2D eigenvalue weighted by molar-refractivity contribution is -0.120. The van der Waals surface area contributed by atoms with Crippen LogP contribution >= 0.6 is 0 Å². The Morgan fingerprint density at radius 2 is 1.86 bits per heavy atom. The number of rotatable bonds is 6. The van der Waals surface area contributed by atoms with Crippen molar-refractivity contribution in [2.24, 2.45) is 0 Å². The van der Waals surface area contributed by atoms with Crippen LogP contribution in [-0.4, -0.2) is 20.9 Å². The molecule has 7 heteroatoms. The van der Waals surface area contributed by atoms with E-state index in [-0.39, 0.29) is 16.5 Å². The summed E-state index contributed by atoms with van der Waals surface area (Å²) in [6.45, 7) is 1.49. The van der Waals surface area contributed by atoms with Crippen molar-refractivity contribution >= 4 is 15.9 Å². The van der Waals surface area contributed by atoms with E-state index in [1.807, 2.05) is 19.1 Å². The summed E-state index contributed by atoms with van der Waals surface area (Å²) in [5.41, 5.74) is 3.75. The van der Waals surface area contributed by atoms with Gasteiger partial charge >= 0.3 is 0 Å². The van der Waals surface area contributed by atoms with E-state index < -0.39 is 22.5 Å². The van der Waals surface area contributed by atoms with Gasteiger partial charge in [0.05, 0.1) is 23.0 Å². The smallest absolute Gasteiger partial charge is 0.242 e. The number of sulfonamides is 1. The van der Waals surface area contributed by atoms with Gasteiger partial charge in [-0.05, 0) is 61.4 Å². The van der Waals surface area contributed by atoms with Gasteiger partial charge in [-0.3, -0.25) is 4.79 Å². The fraction of sp³-hybridized carbons (Fsp3) is 0.333. The van der Waals surface area contributed by atoms with E-state index in [0.717, 1.165) is 18.4 Å². The molecule has 0 saturated heterocycles. The van der Waals surface area contributed by atoms with Gasteiger partial charge in [-0.25, -0.2) is 13.1 Å². The summed E-state index contributed by atoms with van der Waals surface area (Å²) in [5.74, 6) is -0.428. The fourth-order valence-corrected chi connectivity index (χ4v) is 4.57. The minimum atomic E-state index is -3.94. The number of nitrogens with zero attached hydrogens (tertiary/aromatic N) is 1. The van der Waals surface area contributed by atoms with E-state index >= 15 is 0 Å². The lowest BCUT2D eigenvalue weighted by Gasteiger charge is -2.20. The van der Waals surface area contributed by atoms with Crippen LogP contribution in [0.3, 0.4) is 0 Å². The molecule has 2 aromatic rings. The molecule has 2 N–H and O–H groups in total. The Balaban J connectivity index is 1.62. The first kappa shape index (κ1) is 20.1. The number of benzene rings is 2. The van der Waals surface area contributed by atoms with Crippen LogP contribution in [0.1, 0.15) is 48.1 Å². The van der Waals surface area contributed by atoms with Crippen LogP contribution in [0.25, 0.3) is 0 Å². The Morgan fingerprint density at radius 3 is 2.61 bits per heavy atom. The minimum Gasteiger partial charge on any atom is -0.348 e. The lowest BCUT2D eigenvalue weighted by Crippen LogP contribution is -2.38. The van der Waals surface area contributed by atoms with Crippen molar-refractivity contribution in [1.29, 1.82) is 5.26 Å². The van der Waals surface area contributed by atoms with Crippen LogP contribution in [0.2, 0.25) is 0 Å². The summed E-state index contributed by atoms with van der Waals surface area (Å²) in [6.07, 6.45) is 4.56. The topological polar surface area (TPSA) is 99.1 Å². The van der Waals surface area contributed by atoms with Gasteiger partial charge in [-0.1, -0.05) is 30.3 Å². The lowest BCUT2D eigenvalue weighted by atomic mass is 9.89. The second kappa shape index (κ2) is 8.55. The summed E-state index contributed by atoms with van der Waals surface area (Å²) in [6, 6.07) is 13.8. The van der Waals surface area contributed by atoms with E-state index in [0.29, 0.717) is 0 Å². The van der Waals surface area contributed by atoms with E-state index in [4.69, 9.17) is 5.26 Å². The van der Waals surface area contributed by atoms with Crippen molar-refractivity contribution in [2.75, 3.05) is 6.54 Å². The molecule has 0 spiro atoms. The normalized spacial score (nSPS) is 14.6. The number of aryl methyl sites for hydroxylation is 2. The number of nitrogens with one attached hydrogen (secondary N) is 2. The van der Waals surface area contributed by atoms with Crippen molar-refractivity contribution in [1.82, 2.24) is 10.0 Å². The molecule has 1 aliphatic carbocycles. The standard InChI is InChI=1S/C21H23N3O3S/c1-15(17-11-10-16-6-2-3-7-18(16)12-17)24-21(25)14-23-28(26,27)20-9-5-4-8-19(20)13-22/h4-5,8-12,15,23H,2-3,6-7,14H2,1H3,(H,24,25)/t15-/m1/s1. The molecule has 0 radical (unpaired) electrons. The minimum absolute atomic E-state index is 0.0397. The number of carbonyl (C=O) groups excluding carboxylic acids is 1. The van der Waals surface area contributed by atoms with E-state index in [1.165, 1.54) is 42.2 Å². The van der Waals surface area contributed by atoms with Crippen molar-refractivity contribution < 1.29 is 13.2 Å². The third-order valence-electron chi connectivity index (χ3n) is 4.97. The Bertz CT molecular complexity index is 1030. The van der Waals surface area contributed by atoms with E-state index in [2.05, 4.69) is 22.2 Å². The number of amides is 1. The molecule has 0 bridgehead atoms. The zero-order valence-electron chi connectivity index (χ0n) is 15.7. The summed E-state index contributed by atoms with van der Waals surface area (Å²) in [5, 5.41) is 11.9. The Kier molecular flexibility index (Phi) is 6.12. The maximum atomic E-state index is 12.4. The first-order valence-electron chi connectivity index (χ1n) is 9.30. The number of hydrogen-bond acceptors (Lipinski definition) is 4. The Hall–Kier alpha value is -2.69. The van der Waals surface area contributed by atoms with Gasteiger partial charge in [0, 0.05) is 0 Å². The number of carbonyl (C=O) groups is 1. The average molecular weight is 398 g/mol. The van der Waals surface area contributed by atoms with Crippen LogP contribution in [0.5, 0.6) is 0 Å². The second-order valence-corrected chi connectivity index (χ2v) is 8.69. The number of hydrogen-bond donors (Lipinski definition) is 2. The molecule has 1 amide bonds. The quantitative estimate of drug-likeness (QED) is 0.783. The molecular weight excluding hydrogens is 374 g/mol. The van der Waals surface area contributed by atoms with Gasteiger partial charge in [0.1, 0.15) is 6.07 Å². The second-order valence-electron chi connectivity index (χ2n) is 6.96. The highest BCUT2D eigenvalue weighted by atomic mass is 32.2. The molecule has 1 aliphatic rings. The monoisotopic (exact) mass is 397 g/mol. The first-order valence-corrected chi connectivity index (χ1v) is 10.8. The predicted molar refractivity (Wildman–Crippen MR) is 106 cm³/mol. The van der Waals surface area contributed by atoms with Gasteiger partial charge in [-0.15, -0.1) is 0 Å². The Labute approximate surface area is 165 Å². The molecule has 0 fully saturated rings. The molecule has 2 aromatic carbocycles. The predicted octanol–water partition coefficient (Wildman–Crippen LogP) is 2.59. The van der Waals surface area contributed by atoms with Crippen molar-refractivity contribution in [3.05, 3.63) is 64.7 Å². The van der Waals surface area contributed by atoms with Crippen LogP contribution < -0.4 is 10.0 Å². The molecule has 0 heterocycles. The summed E-state index contributed by atoms with van der Waals surface area (Å²) in [7, 11) is -3.94. The molecule has 1 atom stereocenters. The molecule has 0 aliphatic heterocycles. The molecule has 0 unspecified atom stereocenters. The Morgan fingerprint density at radius 1 is 1.14 bits per heavy atom. The maximum absolute atomic E-state index is 12.4. The van der Waals surface area contributed by atoms with Gasteiger partial charge in [0.25, 0.3) is 0 Å². The van der Waals surface area contributed by atoms with Crippen LogP contribution in [0.15, 0.2) is 47.4 Å². The highest BCUT2D eigenvalue weighted by Gasteiger charge is 2.20. The van der Waals surface area contributed by atoms with Crippen LogP contribution in [-0.2, 0) is 27.7 Å². The first-order chi connectivity index (χ1) is 13.4. The summed E-state index contributed by atoms with van der Waals surface area (Å²) < 4.78 is 27.0. The fourth-order valence-electron chi connectivity index (χ4n) is 3.43. The average Bonchev–Trinajstić information content (AvgIpc) is 2.72. The molecule has 0 aromatic heterocycles. The molecule has 0 saturated carbocycles. The molecular formula is C21H23N3O3S. The van der Waals surface area contributed by atoms with Gasteiger partial charge in [0.15, 0.2) is 0 Å². The van der Waals surface area contributed by atoms with Crippen molar-refractivity contribution in [3.8, 4) is 6.07 Å². The third-order valence-corrected chi connectivity index (χ3v) is 6.43. The molecule has 6 nitrogen and oxygen atoms in total. The maximum Gasteiger partial charge on any atom is 0.242 e. The molecule has 3 rings (SSSR count). The van der Waals surface area contributed by atoms with Gasteiger partial charge < -0.3 is 5.32 Å². The SMILES string of the molecule is C[C@@H](NC(=O)CNS(=O)(=O)c1ccccc1C#N)c1ccc2c(c1)CCCC2. The highest BCUT2D eigenvalue weighted by Crippen LogP contribution is 2.24. The van der Waals surface area contributed by atoms with Crippen LogP contribution in [0.4, 0.5) is 0 Å². The summed E-state index contributed by atoms with van der Waals surface area (Å²) >= 11 is 0. The number of nitriles is 1. The molecule has 146 valence electrons. The van der Waals surface area contributed by atoms with E-state index in [9.17, 15) is 13.2 Å². The highest BCUT2D eigenvalue weighted by molar-refractivity contribution is 7.89. The zero-order chi connectivity index (χ0) is 20.1. The zero-order valence-corrected chi connectivity index (χ0v) is 16.6. The summed E-state index contributed by atoms with van der Waals surface area (Å²) in [4.78, 5) is 12.1. The van der Waals surface area contributed by atoms with E-state index in [1.54, 1.807) is 6.07 Å². The largest absolute Gasteiger partial charge is 0.348 e.